The Morgan fingerprint density at radius 3 is 2.64 bits per heavy atom. The van der Waals surface area contributed by atoms with Crippen LogP contribution in [0.3, 0.4) is 0 Å². The Bertz CT molecular complexity index is 747. The van der Waals surface area contributed by atoms with Crippen molar-refractivity contribution >= 4 is 5.96 Å². The van der Waals surface area contributed by atoms with Gasteiger partial charge in [-0.25, -0.2) is 4.39 Å². The van der Waals surface area contributed by atoms with Gasteiger partial charge in [0.15, 0.2) is 5.96 Å². The number of benzene rings is 2. The van der Waals surface area contributed by atoms with E-state index in [0.717, 1.165) is 37.6 Å². The number of hydrogen-bond acceptors (Lipinski definition) is 2. The third kappa shape index (κ3) is 6.34. The van der Waals surface area contributed by atoms with Crippen molar-refractivity contribution in [2.45, 2.75) is 19.3 Å². The average Bonchev–Trinajstić information content (AvgIpc) is 3.19. The quantitative estimate of drug-likeness (QED) is 0.544. The van der Waals surface area contributed by atoms with Crippen molar-refractivity contribution in [2.24, 2.45) is 10.9 Å². The summed E-state index contributed by atoms with van der Waals surface area (Å²) in [4.78, 5) is 6.83. The molecular weight excluding hydrogens is 351 g/mol. The van der Waals surface area contributed by atoms with Gasteiger partial charge in [-0.15, -0.1) is 0 Å². The molecule has 2 aromatic rings. The summed E-state index contributed by atoms with van der Waals surface area (Å²) in [5, 5.41) is 6.71. The Hall–Kier alpha value is -2.40. The van der Waals surface area contributed by atoms with Gasteiger partial charge in [-0.3, -0.25) is 4.99 Å². The maximum Gasteiger partial charge on any atom is 0.190 e. The highest BCUT2D eigenvalue weighted by atomic mass is 19.1. The van der Waals surface area contributed by atoms with Gasteiger partial charge in [0.25, 0.3) is 0 Å². The SMILES string of the molecule is CN=C(NCCc1ccccc1F)NCC1CCN(CCc2ccccc2)C1. The predicted octanol–water partition coefficient (Wildman–Crippen LogP) is 3.10. The van der Waals surface area contributed by atoms with E-state index in [1.807, 2.05) is 12.1 Å². The molecule has 3 rings (SSSR count). The van der Waals surface area contributed by atoms with E-state index in [0.29, 0.717) is 18.9 Å². The van der Waals surface area contributed by atoms with Gasteiger partial charge in [0.05, 0.1) is 0 Å². The molecule has 0 saturated carbocycles. The van der Waals surface area contributed by atoms with E-state index in [-0.39, 0.29) is 5.82 Å². The van der Waals surface area contributed by atoms with Crippen LogP contribution in [0.4, 0.5) is 4.39 Å². The van der Waals surface area contributed by atoms with Gasteiger partial charge >= 0.3 is 0 Å². The molecule has 0 aliphatic carbocycles. The topological polar surface area (TPSA) is 39.7 Å². The van der Waals surface area contributed by atoms with E-state index in [1.165, 1.54) is 24.6 Å². The van der Waals surface area contributed by atoms with Crippen LogP contribution >= 0.6 is 0 Å². The number of rotatable bonds is 8. The zero-order valence-corrected chi connectivity index (χ0v) is 16.7. The van der Waals surface area contributed by atoms with Crippen LogP contribution in [-0.4, -0.2) is 50.6 Å². The number of hydrogen-bond donors (Lipinski definition) is 2. The normalized spacial score (nSPS) is 17.6. The second kappa shape index (κ2) is 10.8. The maximum absolute atomic E-state index is 13.7. The van der Waals surface area contributed by atoms with Gasteiger partial charge < -0.3 is 15.5 Å². The van der Waals surface area contributed by atoms with Crippen LogP contribution in [-0.2, 0) is 12.8 Å². The number of nitrogens with zero attached hydrogens (tertiary/aromatic N) is 2. The molecule has 28 heavy (non-hydrogen) atoms. The van der Waals surface area contributed by atoms with E-state index in [4.69, 9.17) is 0 Å². The number of nitrogens with one attached hydrogen (secondary N) is 2. The van der Waals surface area contributed by atoms with Crippen LogP contribution in [0.15, 0.2) is 59.6 Å². The zero-order chi connectivity index (χ0) is 19.6. The minimum Gasteiger partial charge on any atom is -0.356 e. The molecule has 0 amide bonds. The molecule has 0 spiro atoms. The summed E-state index contributed by atoms with van der Waals surface area (Å²) in [6.45, 7) is 5.00. The van der Waals surface area contributed by atoms with Gasteiger partial charge in [-0.2, -0.15) is 0 Å². The average molecular weight is 383 g/mol. The molecule has 1 saturated heterocycles. The summed E-state index contributed by atoms with van der Waals surface area (Å²) in [6, 6.07) is 17.6. The summed E-state index contributed by atoms with van der Waals surface area (Å²) >= 11 is 0. The summed E-state index contributed by atoms with van der Waals surface area (Å²) in [5.41, 5.74) is 2.14. The third-order valence-electron chi connectivity index (χ3n) is 5.36. The summed E-state index contributed by atoms with van der Waals surface area (Å²) in [5.74, 6) is 1.29. The molecule has 1 atom stereocenters. The molecule has 0 radical (unpaired) electrons. The first-order valence-corrected chi connectivity index (χ1v) is 10.2. The molecule has 0 aromatic heterocycles. The van der Waals surface area contributed by atoms with Crippen molar-refractivity contribution in [2.75, 3.05) is 39.8 Å². The van der Waals surface area contributed by atoms with Crippen LogP contribution in [0, 0.1) is 11.7 Å². The first-order chi connectivity index (χ1) is 13.7. The second-order valence-corrected chi connectivity index (χ2v) is 7.41. The van der Waals surface area contributed by atoms with Crippen molar-refractivity contribution in [1.29, 1.82) is 0 Å². The highest BCUT2D eigenvalue weighted by Crippen LogP contribution is 2.16. The van der Waals surface area contributed by atoms with Gasteiger partial charge in [0.2, 0.25) is 0 Å². The Morgan fingerprint density at radius 2 is 1.86 bits per heavy atom. The van der Waals surface area contributed by atoms with Crippen molar-refractivity contribution < 1.29 is 4.39 Å². The zero-order valence-electron chi connectivity index (χ0n) is 16.7. The minimum absolute atomic E-state index is 0.145. The minimum atomic E-state index is -0.145. The fourth-order valence-corrected chi connectivity index (χ4v) is 3.69. The van der Waals surface area contributed by atoms with Crippen molar-refractivity contribution in [1.82, 2.24) is 15.5 Å². The van der Waals surface area contributed by atoms with Gasteiger partial charge in [0.1, 0.15) is 5.82 Å². The van der Waals surface area contributed by atoms with Crippen molar-refractivity contribution in [3.05, 3.63) is 71.5 Å². The van der Waals surface area contributed by atoms with Crippen LogP contribution in [0.25, 0.3) is 0 Å². The first-order valence-electron chi connectivity index (χ1n) is 10.2. The second-order valence-electron chi connectivity index (χ2n) is 7.41. The van der Waals surface area contributed by atoms with Gasteiger partial charge in [0, 0.05) is 33.2 Å². The van der Waals surface area contributed by atoms with Crippen LogP contribution in [0.2, 0.25) is 0 Å². The third-order valence-corrected chi connectivity index (χ3v) is 5.36. The van der Waals surface area contributed by atoms with E-state index in [9.17, 15) is 4.39 Å². The molecule has 1 heterocycles. The first kappa shape index (κ1) is 20.3. The van der Waals surface area contributed by atoms with Crippen LogP contribution < -0.4 is 10.6 Å². The van der Waals surface area contributed by atoms with E-state index in [1.54, 1.807) is 13.1 Å². The summed E-state index contributed by atoms with van der Waals surface area (Å²) in [6.07, 6.45) is 2.97. The fraction of sp³-hybridized carbons (Fsp3) is 0.435. The van der Waals surface area contributed by atoms with E-state index >= 15 is 0 Å². The Balaban J connectivity index is 1.33. The molecule has 2 N–H and O–H groups in total. The molecule has 150 valence electrons. The number of guanidine groups is 1. The maximum atomic E-state index is 13.7. The number of halogens is 1. The molecule has 1 aliphatic rings. The standard InChI is InChI=1S/C23H31FN4/c1-25-23(26-14-11-21-9-5-6-10-22(21)24)27-17-20-13-16-28(18-20)15-12-19-7-3-2-4-8-19/h2-10,20H,11-18H2,1H3,(H2,25,26,27). The number of likely N-dealkylation sites (tertiary alicyclic amines) is 1. The molecule has 4 nitrogen and oxygen atoms in total. The highest BCUT2D eigenvalue weighted by molar-refractivity contribution is 5.79. The Kier molecular flexibility index (Phi) is 7.85. The summed E-state index contributed by atoms with van der Waals surface area (Å²) in [7, 11) is 1.78. The number of aliphatic imine (C=N–C) groups is 1. The monoisotopic (exact) mass is 382 g/mol. The van der Waals surface area contributed by atoms with Crippen molar-refractivity contribution in [3.63, 3.8) is 0 Å². The lowest BCUT2D eigenvalue weighted by Gasteiger charge is -2.17. The largest absolute Gasteiger partial charge is 0.356 e. The van der Waals surface area contributed by atoms with Crippen molar-refractivity contribution in [3.8, 4) is 0 Å². The van der Waals surface area contributed by atoms with Gasteiger partial charge in [-0.1, -0.05) is 48.5 Å². The van der Waals surface area contributed by atoms with E-state index < -0.39 is 0 Å². The molecule has 2 aromatic carbocycles. The molecule has 1 aliphatic heterocycles. The van der Waals surface area contributed by atoms with Crippen LogP contribution in [0.5, 0.6) is 0 Å². The lowest BCUT2D eigenvalue weighted by Crippen LogP contribution is -2.41. The van der Waals surface area contributed by atoms with Gasteiger partial charge in [-0.05, 0) is 48.9 Å². The summed E-state index contributed by atoms with van der Waals surface area (Å²) < 4.78 is 13.7. The Morgan fingerprint density at radius 1 is 1.07 bits per heavy atom. The Labute approximate surface area is 167 Å². The molecule has 1 unspecified atom stereocenters. The molecule has 5 heteroatoms. The molecule has 0 bridgehead atoms. The highest BCUT2D eigenvalue weighted by Gasteiger charge is 2.22. The molecular formula is C23H31FN4. The van der Waals surface area contributed by atoms with Crippen LogP contribution in [0.1, 0.15) is 17.5 Å². The van der Waals surface area contributed by atoms with E-state index in [2.05, 4.69) is 50.9 Å². The lowest BCUT2D eigenvalue weighted by atomic mass is 10.1. The molecule has 1 fully saturated rings. The fourth-order valence-electron chi connectivity index (χ4n) is 3.69. The smallest absolute Gasteiger partial charge is 0.190 e. The lowest BCUT2D eigenvalue weighted by molar-refractivity contribution is 0.328. The predicted molar refractivity (Wildman–Crippen MR) is 114 cm³/mol.